The van der Waals surface area contributed by atoms with E-state index < -0.39 is 6.10 Å². The number of cyclic esters (lactones) is 1. The van der Waals surface area contributed by atoms with Gasteiger partial charge in [0.15, 0.2) is 0 Å². The van der Waals surface area contributed by atoms with E-state index in [1.165, 1.54) is 13.2 Å². The van der Waals surface area contributed by atoms with Gasteiger partial charge in [0.25, 0.3) is 0 Å². The van der Waals surface area contributed by atoms with Gasteiger partial charge < -0.3 is 14.2 Å². The Morgan fingerprint density at radius 2 is 2.33 bits per heavy atom. The van der Waals surface area contributed by atoms with Crippen LogP contribution in [0.3, 0.4) is 0 Å². The molecule has 0 spiro atoms. The van der Waals surface area contributed by atoms with Crippen molar-refractivity contribution in [3.8, 4) is 11.8 Å². The molecule has 0 saturated carbocycles. The van der Waals surface area contributed by atoms with E-state index in [0.29, 0.717) is 5.57 Å². The normalized spacial score (nSPS) is 27.4. The second kappa shape index (κ2) is 5.54. The Hall–Kier alpha value is -1.31. The first-order chi connectivity index (χ1) is 7.20. The molecule has 0 aromatic rings. The van der Waals surface area contributed by atoms with Crippen LogP contribution in [-0.2, 0) is 19.0 Å². The number of carbonyl (C=O) groups excluding carboxylic acids is 1. The molecule has 1 aliphatic rings. The smallest absolute Gasteiger partial charge is 0.337 e. The summed E-state index contributed by atoms with van der Waals surface area (Å²) in [5.41, 5.74) is 0.453. The first kappa shape index (κ1) is 11.8. The van der Waals surface area contributed by atoms with Crippen LogP contribution in [0.1, 0.15) is 13.8 Å². The molecule has 1 aliphatic heterocycles. The van der Waals surface area contributed by atoms with Gasteiger partial charge in [-0.25, -0.2) is 4.79 Å². The summed E-state index contributed by atoms with van der Waals surface area (Å²) in [6.07, 6.45) is 0.849. The zero-order chi connectivity index (χ0) is 11.3. The number of hydrogen-bond acceptors (Lipinski definition) is 4. The Kier molecular flexibility index (Phi) is 4.35. The zero-order valence-electron chi connectivity index (χ0n) is 9.07. The van der Waals surface area contributed by atoms with Crippen molar-refractivity contribution in [3.05, 3.63) is 11.6 Å². The predicted octanol–water partition coefficient (Wildman–Crippen LogP) is 0.870. The van der Waals surface area contributed by atoms with E-state index in [2.05, 4.69) is 11.8 Å². The van der Waals surface area contributed by atoms with Crippen molar-refractivity contribution in [3.63, 3.8) is 0 Å². The van der Waals surface area contributed by atoms with Crippen molar-refractivity contribution in [2.45, 2.75) is 26.1 Å². The summed E-state index contributed by atoms with van der Waals surface area (Å²) in [5.74, 6) is 5.03. The molecule has 0 aliphatic carbocycles. The summed E-state index contributed by atoms with van der Waals surface area (Å²) >= 11 is 0. The third-order valence-corrected chi connectivity index (χ3v) is 2.00. The van der Waals surface area contributed by atoms with Gasteiger partial charge in [0.2, 0.25) is 0 Å². The lowest BCUT2D eigenvalue weighted by molar-refractivity contribution is -0.140. The fraction of sp³-hybridized carbons (Fsp3) is 0.545. The van der Waals surface area contributed by atoms with Gasteiger partial charge in [-0.05, 0) is 13.8 Å². The monoisotopic (exact) mass is 210 g/mol. The minimum atomic E-state index is -0.390. The molecule has 4 heteroatoms. The average molecular weight is 210 g/mol. The van der Waals surface area contributed by atoms with Gasteiger partial charge in [0.1, 0.15) is 19.0 Å². The minimum Gasteiger partial charge on any atom is -0.456 e. The molecule has 15 heavy (non-hydrogen) atoms. The molecule has 1 fully saturated rings. The first-order valence-electron chi connectivity index (χ1n) is 4.64. The summed E-state index contributed by atoms with van der Waals surface area (Å²) in [6.45, 7) is 3.60. The molecule has 4 nitrogen and oxygen atoms in total. The molecule has 0 radical (unpaired) electrons. The summed E-state index contributed by atoms with van der Waals surface area (Å²) in [6, 6.07) is 0. The maximum atomic E-state index is 11.4. The van der Waals surface area contributed by atoms with Crippen molar-refractivity contribution in [2.24, 2.45) is 0 Å². The molecule has 0 bridgehead atoms. The molecule has 1 heterocycles. The average Bonchev–Trinajstić information content (AvgIpc) is 2.47. The van der Waals surface area contributed by atoms with Gasteiger partial charge in [-0.3, -0.25) is 0 Å². The van der Waals surface area contributed by atoms with Gasteiger partial charge in [0, 0.05) is 13.2 Å². The van der Waals surface area contributed by atoms with Gasteiger partial charge in [0.05, 0.1) is 5.57 Å². The van der Waals surface area contributed by atoms with Crippen LogP contribution in [0.4, 0.5) is 0 Å². The van der Waals surface area contributed by atoms with Crippen LogP contribution in [0.15, 0.2) is 11.6 Å². The highest BCUT2D eigenvalue weighted by Gasteiger charge is 2.37. The van der Waals surface area contributed by atoms with Gasteiger partial charge in [-0.15, -0.1) is 5.92 Å². The molecule has 0 N–H and O–H groups in total. The standard InChI is InChI=1S/C11H14O4/c1-4-5-6-9-10(14-7-13-3)8(2)15-11(9)12/h6,8,10H,7H2,1-3H3/b9-6-/t8-,10+/m0/s1. The Balaban J connectivity index is 2.78. The fourth-order valence-corrected chi connectivity index (χ4v) is 1.33. The molecular weight excluding hydrogens is 196 g/mol. The van der Waals surface area contributed by atoms with E-state index >= 15 is 0 Å². The molecule has 1 rings (SSSR count). The Bertz CT molecular complexity index is 321. The van der Waals surface area contributed by atoms with Crippen molar-refractivity contribution in [2.75, 3.05) is 13.9 Å². The van der Waals surface area contributed by atoms with Crippen molar-refractivity contribution in [1.29, 1.82) is 0 Å². The van der Waals surface area contributed by atoms with Crippen LogP contribution in [0.25, 0.3) is 0 Å². The molecule has 1 saturated heterocycles. The third kappa shape index (κ3) is 2.82. The molecular formula is C11H14O4. The number of allylic oxidation sites excluding steroid dienone is 1. The predicted molar refractivity (Wildman–Crippen MR) is 53.8 cm³/mol. The number of esters is 1. The van der Waals surface area contributed by atoms with E-state index in [1.54, 1.807) is 13.8 Å². The number of carbonyl (C=O) groups is 1. The number of methoxy groups -OCH3 is 1. The molecule has 82 valence electrons. The summed E-state index contributed by atoms with van der Waals surface area (Å²) in [5, 5.41) is 0. The molecule has 2 atom stereocenters. The fourth-order valence-electron chi connectivity index (χ4n) is 1.33. The van der Waals surface area contributed by atoms with Crippen LogP contribution in [0, 0.1) is 11.8 Å². The maximum Gasteiger partial charge on any atom is 0.337 e. The number of ether oxygens (including phenoxy) is 3. The van der Waals surface area contributed by atoms with Crippen LogP contribution in [-0.4, -0.2) is 32.1 Å². The molecule has 0 aromatic heterocycles. The Morgan fingerprint density at radius 1 is 1.60 bits per heavy atom. The highest BCUT2D eigenvalue weighted by molar-refractivity contribution is 5.92. The Morgan fingerprint density at radius 3 is 2.93 bits per heavy atom. The lowest BCUT2D eigenvalue weighted by Crippen LogP contribution is -2.23. The number of hydrogen-bond donors (Lipinski definition) is 0. The van der Waals surface area contributed by atoms with Crippen LogP contribution in [0.5, 0.6) is 0 Å². The van der Waals surface area contributed by atoms with E-state index in [0.717, 1.165) is 0 Å². The first-order valence-corrected chi connectivity index (χ1v) is 4.64. The SMILES string of the molecule is CC#C/C=C1\C(=O)O[C@@H](C)[C@H]1OCOC. The topological polar surface area (TPSA) is 44.8 Å². The highest BCUT2D eigenvalue weighted by atomic mass is 16.7. The lowest BCUT2D eigenvalue weighted by atomic mass is 10.1. The Labute approximate surface area is 89.2 Å². The van der Waals surface area contributed by atoms with Crippen LogP contribution < -0.4 is 0 Å². The third-order valence-electron chi connectivity index (χ3n) is 2.00. The summed E-state index contributed by atoms with van der Waals surface area (Å²) < 4.78 is 15.2. The quantitative estimate of drug-likeness (QED) is 0.300. The van der Waals surface area contributed by atoms with Gasteiger partial charge in [-0.2, -0.15) is 0 Å². The van der Waals surface area contributed by atoms with Gasteiger partial charge >= 0.3 is 5.97 Å². The second-order valence-electron chi connectivity index (χ2n) is 3.10. The molecule has 0 amide bonds. The van der Waals surface area contributed by atoms with Gasteiger partial charge in [-0.1, -0.05) is 5.92 Å². The molecule has 0 unspecified atom stereocenters. The largest absolute Gasteiger partial charge is 0.456 e. The second-order valence-corrected chi connectivity index (χ2v) is 3.10. The van der Waals surface area contributed by atoms with Crippen molar-refractivity contribution < 1.29 is 19.0 Å². The zero-order valence-corrected chi connectivity index (χ0v) is 9.07. The highest BCUT2D eigenvalue weighted by Crippen LogP contribution is 2.23. The molecule has 0 aromatic carbocycles. The summed E-state index contributed by atoms with van der Waals surface area (Å²) in [7, 11) is 1.53. The van der Waals surface area contributed by atoms with Crippen LogP contribution in [0.2, 0.25) is 0 Å². The van der Waals surface area contributed by atoms with Crippen LogP contribution >= 0.6 is 0 Å². The number of rotatable bonds is 3. The van der Waals surface area contributed by atoms with Crippen molar-refractivity contribution in [1.82, 2.24) is 0 Å². The van der Waals surface area contributed by atoms with E-state index in [1.807, 2.05) is 0 Å². The summed E-state index contributed by atoms with van der Waals surface area (Å²) in [4.78, 5) is 11.4. The maximum absolute atomic E-state index is 11.4. The van der Waals surface area contributed by atoms with E-state index in [4.69, 9.17) is 14.2 Å². The lowest BCUT2D eigenvalue weighted by Gasteiger charge is -2.13. The van der Waals surface area contributed by atoms with E-state index in [9.17, 15) is 4.79 Å². The van der Waals surface area contributed by atoms with E-state index in [-0.39, 0.29) is 18.9 Å². The van der Waals surface area contributed by atoms with Crippen molar-refractivity contribution >= 4 is 5.97 Å². The minimum absolute atomic E-state index is 0.128.